The quantitative estimate of drug-likeness (QED) is 0.727. The lowest BCUT2D eigenvalue weighted by Crippen LogP contribution is -2.50. The summed E-state index contributed by atoms with van der Waals surface area (Å²) < 4.78 is 6.24. The summed E-state index contributed by atoms with van der Waals surface area (Å²) in [5, 5.41) is 0.754. The van der Waals surface area contributed by atoms with Crippen molar-refractivity contribution in [2.24, 2.45) is 5.92 Å². The highest BCUT2D eigenvalue weighted by Crippen LogP contribution is 2.35. The van der Waals surface area contributed by atoms with Gasteiger partial charge in [-0.3, -0.25) is 9.28 Å². The molecule has 5 heteroatoms. The van der Waals surface area contributed by atoms with Crippen molar-refractivity contribution in [1.29, 1.82) is 0 Å². The predicted octanol–water partition coefficient (Wildman–Crippen LogP) is 4.83. The number of hydrogen-bond acceptors (Lipinski definition) is 2. The third-order valence-electron chi connectivity index (χ3n) is 6.19. The number of nitrogens with one attached hydrogen (secondary N) is 1. The van der Waals surface area contributed by atoms with Gasteiger partial charge in [-0.2, -0.15) is 0 Å². The molecule has 3 rings (SSSR count). The number of halogens is 1. The van der Waals surface area contributed by atoms with E-state index in [0.29, 0.717) is 16.9 Å². The zero-order chi connectivity index (χ0) is 20.5. The molecule has 0 spiro atoms. The molecule has 4 nitrogen and oxygen atoms in total. The first-order valence-electron chi connectivity index (χ1n) is 10.1. The van der Waals surface area contributed by atoms with Crippen molar-refractivity contribution in [2.75, 3.05) is 26.8 Å². The lowest BCUT2D eigenvalue weighted by Gasteiger charge is -2.39. The van der Waals surface area contributed by atoms with Crippen LogP contribution in [0.3, 0.4) is 0 Å². The second kappa shape index (κ2) is 8.40. The van der Waals surface area contributed by atoms with Gasteiger partial charge in [-0.1, -0.05) is 11.6 Å². The molecule has 1 aromatic heterocycles. The van der Waals surface area contributed by atoms with E-state index >= 15 is 0 Å². The molecule has 0 saturated carbocycles. The predicted molar refractivity (Wildman–Crippen MR) is 117 cm³/mol. The van der Waals surface area contributed by atoms with E-state index < -0.39 is 0 Å². The van der Waals surface area contributed by atoms with Crippen molar-refractivity contribution in [1.82, 2.24) is 9.47 Å². The first-order valence-corrected chi connectivity index (χ1v) is 10.5. The molecule has 0 radical (unpaired) electrons. The van der Waals surface area contributed by atoms with Crippen LogP contribution in [0.2, 0.25) is 5.02 Å². The van der Waals surface area contributed by atoms with E-state index in [0.717, 1.165) is 54.4 Å². The minimum Gasteiger partial charge on any atom is -0.381 e. The maximum absolute atomic E-state index is 12.8. The Morgan fingerprint density at radius 3 is 2.43 bits per heavy atom. The molecule has 1 aromatic carbocycles. The van der Waals surface area contributed by atoms with Crippen LogP contribution < -0.4 is 10.0 Å². The second-order valence-corrected chi connectivity index (χ2v) is 9.04. The molecule has 0 bridgehead atoms. The number of aromatic amines is 1. The van der Waals surface area contributed by atoms with E-state index in [2.05, 4.69) is 38.0 Å². The Hall–Kier alpha value is -1.62. The number of hydrogen-bond donors (Lipinski definition) is 1. The maximum atomic E-state index is 12.8. The number of benzene rings is 1. The number of H-pyrrole nitrogens is 1. The van der Waals surface area contributed by atoms with E-state index in [9.17, 15) is 4.79 Å². The summed E-state index contributed by atoms with van der Waals surface area (Å²) >= 11 is 6.46. The summed E-state index contributed by atoms with van der Waals surface area (Å²) in [4.78, 5) is 15.8. The number of aromatic nitrogens is 1. The van der Waals surface area contributed by atoms with Crippen LogP contribution in [0, 0.1) is 33.6 Å². The number of aryl methyl sites for hydroxylation is 3. The molecule has 0 aliphatic carbocycles. The molecule has 1 atom stereocenters. The molecule has 152 valence electrons. The van der Waals surface area contributed by atoms with Crippen LogP contribution in [0.15, 0.2) is 23.0 Å². The van der Waals surface area contributed by atoms with Crippen molar-refractivity contribution in [3.63, 3.8) is 0 Å². The van der Waals surface area contributed by atoms with Crippen LogP contribution in [-0.4, -0.2) is 31.8 Å². The highest BCUT2D eigenvalue weighted by atomic mass is 35.5. The highest BCUT2D eigenvalue weighted by Gasteiger charge is 2.34. The van der Waals surface area contributed by atoms with Crippen molar-refractivity contribution in [3.8, 4) is 0 Å². The summed E-state index contributed by atoms with van der Waals surface area (Å²) in [5.74, 6) is 0.572. The van der Waals surface area contributed by atoms with Crippen LogP contribution in [0.1, 0.15) is 40.8 Å². The molecular weight excluding hydrogens is 372 g/mol. The fourth-order valence-electron chi connectivity index (χ4n) is 4.53. The molecule has 28 heavy (non-hydrogen) atoms. The van der Waals surface area contributed by atoms with Gasteiger partial charge < -0.3 is 9.72 Å². The third kappa shape index (κ3) is 4.51. The van der Waals surface area contributed by atoms with Crippen LogP contribution in [0.4, 0.5) is 5.69 Å². The molecule has 2 aromatic rings. The van der Waals surface area contributed by atoms with E-state index in [1.807, 2.05) is 19.9 Å². The monoisotopic (exact) mass is 403 g/mol. The maximum Gasteiger partial charge on any atom is 0.257 e. The number of quaternary nitrogens is 1. The van der Waals surface area contributed by atoms with E-state index in [-0.39, 0.29) is 5.56 Å². The Bertz CT molecular complexity index is 916. The molecule has 1 N–H and O–H groups in total. The Balaban J connectivity index is 2.08. The minimum absolute atomic E-state index is 0.0187. The number of pyridine rings is 1. The number of nitrogens with zero attached hydrogens (tertiary/aromatic N) is 1. The largest absolute Gasteiger partial charge is 0.381 e. The van der Waals surface area contributed by atoms with E-state index in [4.69, 9.17) is 16.3 Å². The summed E-state index contributed by atoms with van der Waals surface area (Å²) in [6.45, 7) is 11.5. The van der Waals surface area contributed by atoms with Crippen molar-refractivity contribution < 1.29 is 4.74 Å². The molecule has 1 fully saturated rings. The van der Waals surface area contributed by atoms with Crippen LogP contribution >= 0.6 is 11.6 Å². The topological polar surface area (TPSA) is 42.1 Å². The van der Waals surface area contributed by atoms with Gasteiger partial charge in [0.1, 0.15) is 12.2 Å². The Morgan fingerprint density at radius 2 is 1.79 bits per heavy atom. The van der Waals surface area contributed by atoms with Gasteiger partial charge in [0, 0.05) is 41.5 Å². The van der Waals surface area contributed by atoms with Gasteiger partial charge >= 0.3 is 0 Å². The van der Waals surface area contributed by atoms with Crippen LogP contribution in [-0.2, 0) is 11.3 Å². The average Bonchev–Trinajstić information content (AvgIpc) is 2.62. The summed E-state index contributed by atoms with van der Waals surface area (Å²) in [7, 11) is 2.24. The summed E-state index contributed by atoms with van der Waals surface area (Å²) in [6, 6.07) is 6.16. The minimum atomic E-state index is 0.0187. The lowest BCUT2D eigenvalue weighted by molar-refractivity contribution is 0.0554. The normalized spacial score (nSPS) is 17.5. The molecule has 1 saturated heterocycles. The SMILES string of the molecule is Cc1cc(C)c(C[N+](C)(CC2CCOCC2)c2cc(Cl)cc(C)c2C)c(=O)[nH]1. The van der Waals surface area contributed by atoms with Gasteiger partial charge in [-0.15, -0.1) is 0 Å². The first-order chi connectivity index (χ1) is 13.2. The van der Waals surface area contributed by atoms with Gasteiger partial charge in [-0.25, -0.2) is 0 Å². The van der Waals surface area contributed by atoms with Crippen molar-refractivity contribution in [3.05, 3.63) is 61.5 Å². The second-order valence-electron chi connectivity index (χ2n) is 8.60. The highest BCUT2D eigenvalue weighted by molar-refractivity contribution is 6.31. The van der Waals surface area contributed by atoms with E-state index in [1.165, 1.54) is 16.8 Å². The summed E-state index contributed by atoms with van der Waals surface area (Å²) in [6.07, 6.45) is 2.13. The zero-order valence-corrected chi connectivity index (χ0v) is 18.4. The lowest BCUT2D eigenvalue weighted by atomic mass is 9.95. The Labute approximate surface area is 173 Å². The molecule has 1 aliphatic rings. The molecule has 2 heterocycles. The first kappa shape index (κ1) is 21.1. The Morgan fingerprint density at radius 1 is 1.11 bits per heavy atom. The fourth-order valence-corrected chi connectivity index (χ4v) is 4.80. The molecule has 1 aliphatic heterocycles. The molecule has 1 unspecified atom stereocenters. The molecular formula is C23H32ClN2O2+. The van der Waals surface area contributed by atoms with Crippen molar-refractivity contribution in [2.45, 2.75) is 47.1 Å². The average molecular weight is 404 g/mol. The smallest absolute Gasteiger partial charge is 0.257 e. The van der Waals surface area contributed by atoms with Gasteiger partial charge in [0.25, 0.3) is 5.56 Å². The summed E-state index contributed by atoms with van der Waals surface area (Å²) in [5.41, 5.74) is 6.47. The number of rotatable bonds is 5. The van der Waals surface area contributed by atoms with Crippen molar-refractivity contribution >= 4 is 17.3 Å². The van der Waals surface area contributed by atoms with E-state index in [1.54, 1.807) is 0 Å². The number of ether oxygens (including phenoxy) is 1. The molecule has 0 amide bonds. The van der Waals surface area contributed by atoms with Gasteiger partial charge in [0.05, 0.1) is 19.2 Å². The fraction of sp³-hybridized carbons (Fsp3) is 0.522. The third-order valence-corrected chi connectivity index (χ3v) is 6.41. The van der Waals surface area contributed by atoms with Gasteiger partial charge in [0.2, 0.25) is 0 Å². The van der Waals surface area contributed by atoms with Crippen LogP contribution in [0.5, 0.6) is 0 Å². The standard InChI is InChI=1S/C23H31ClN2O2/c1-15-11-20(24)12-22(18(15)4)26(5,13-19-6-8-28-9-7-19)14-21-16(2)10-17(3)25-23(21)27/h10-12,19H,6-9,13-14H2,1-5H3/p+1. The van der Waals surface area contributed by atoms with Gasteiger partial charge in [0.15, 0.2) is 0 Å². The zero-order valence-electron chi connectivity index (χ0n) is 17.7. The Kier molecular flexibility index (Phi) is 6.33. The van der Waals surface area contributed by atoms with Crippen LogP contribution in [0.25, 0.3) is 0 Å². The van der Waals surface area contributed by atoms with Gasteiger partial charge in [-0.05, 0) is 63.8 Å².